The summed E-state index contributed by atoms with van der Waals surface area (Å²) in [7, 11) is 8.60. The van der Waals surface area contributed by atoms with Crippen LogP contribution in [-0.2, 0) is 33.6 Å². The molecule has 8 heterocycles. The standard InChI is InChI=1S/C29H28NO.C28H26NO.C27H26NO.C26H24NO/c1-19-12-15-25-24-16-13-21-10-6-7-11-23(21)28(24)31-29(25)27(19)26-17-14-22(18-30(26)2)20-8-4-3-5-9-20;1-18-11-14-24-23-15-12-20-9-5-6-10-22(20)27(23)30-28(24)26(18)25-16-13-21(17-29(25)2)19-7-3-4-8-19;1-17-10-13-22-21-14-11-18-8-6-7-9-20(18)25(21)29-26(22)24(17)23-15-12-19(16-28(23)5)27(2,3)4;1-16(2)19-11-14-23(27(4)15-19)24-17(3)9-12-22-21-13-10-18-7-5-6-8-20(18)25(21)28-26(22)24/h6-7,10-18,20H,3-5,8-9H2,1-2H3;5-6,9-17,19H,3-4,7-8H2,1-2H3;6-16H,1-5H3;5-16H,1-4H3/q4*+1. The topological polar surface area (TPSA) is 68.1 Å². The van der Waals surface area contributed by atoms with E-state index < -0.39 is 0 Å². The van der Waals surface area contributed by atoms with Gasteiger partial charge in [-0.05, 0) is 169 Å². The lowest BCUT2D eigenvalue weighted by atomic mass is 9.84. The number of pyridine rings is 4. The van der Waals surface area contributed by atoms with Crippen LogP contribution in [0.3, 0.4) is 0 Å². The normalized spacial score (nSPS) is 13.7. The second-order valence-electron chi connectivity index (χ2n) is 35.1. The molecule has 584 valence electrons. The number of aryl methyl sites for hydroxylation is 8. The molecule has 0 aliphatic heterocycles. The molecule has 2 saturated carbocycles. The molecule has 0 amide bonds. The van der Waals surface area contributed by atoms with Crippen molar-refractivity contribution in [1.29, 1.82) is 0 Å². The van der Waals surface area contributed by atoms with Crippen LogP contribution in [0.5, 0.6) is 0 Å². The van der Waals surface area contributed by atoms with E-state index >= 15 is 0 Å². The number of benzene rings is 12. The molecular weight excluding hydrogens is 1440 g/mol. The molecule has 0 saturated heterocycles. The fourth-order valence-electron chi connectivity index (χ4n) is 19.4. The van der Waals surface area contributed by atoms with Crippen LogP contribution in [0, 0.1) is 27.7 Å². The minimum absolute atomic E-state index is 0.121. The minimum Gasteiger partial charge on any atom is -0.454 e. The molecule has 12 aromatic carbocycles. The highest BCUT2D eigenvalue weighted by atomic mass is 16.3. The maximum Gasteiger partial charge on any atom is 0.216 e. The van der Waals surface area contributed by atoms with Gasteiger partial charge in [0.2, 0.25) is 22.8 Å². The Morgan fingerprint density at radius 2 is 0.542 bits per heavy atom. The Morgan fingerprint density at radius 3 is 0.839 bits per heavy atom. The van der Waals surface area contributed by atoms with Crippen LogP contribution in [0.15, 0.2) is 285 Å². The van der Waals surface area contributed by atoms with E-state index in [-0.39, 0.29) is 5.41 Å². The van der Waals surface area contributed by atoms with E-state index in [1.807, 2.05) is 0 Å². The van der Waals surface area contributed by atoms with Gasteiger partial charge >= 0.3 is 0 Å². The number of fused-ring (bicyclic) bond motifs is 20. The Labute approximate surface area is 690 Å². The van der Waals surface area contributed by atoms with Gasteiger partial charge in [-0.1, -0.05) is 237 Å². The van der Waals surface area contributed by atoms with Crippen LogP contribution in [-0.4, -0.2) is 0 Å². The Balaban J connectivity index is 0.000000105. The van der Waals surface area contributed by atoms with Crippen LogP contribution in [0.2, 0.25) is 0 Å². The first-order chi connectivity index (χ1) is 57.3. The van der Waals surface area contributed by atoms with E-state index in [4.69, 9.17) is 17.7 Å². The number of furan rings is 4. The molecule has 0 N–H and O–H groups in total. The molecule has 20 aromatic rings. The first kappa shape index (κ1) is 75.5. The van der Waals surface area contributed by atoms with Crippen LogP contribution >= 0.6 is 0 Å². The Hall–Kier alpha value is -12.5. The largest absolute Gasteiger partial charge is 0.454 e. The number of aromatic nitrogens is 4. The van der Waals surface area contributed by atoms with Crippen LogP contribution in [0.4, 0.5) is 0 Å². The maximum absolute atomic E-state index is 6.62. The van der Waals surface area contributed by atoms with Crippen molar-refractivity contribution in [3.63, 3.8) is 0 Å². The van der Waals surface area contributed by atoms with Gasteiger partial charge in [-0.3, -0.25) is 0 Å². The van der Waals surface area contributed by atoms with Gasteiger partial charge in [-0.15, -0.1) is 0 Å². The number of hydrogen-bond acceptors (Lipinski definition) is 4. The van der Waals surface area contributed by atoms with Crippen molar-refractivity contribution >= 4 is 131 Å². The Bertz CT molecular complexity index is 7360. The van der Waals surface area contributed by atoms with Gasteiger partial charge in [0.25, 0.3) is 0 Å². The predicted octanol–water partition coefficient (Wildman–Crippen LogP) is 28.3. The van der Waals surface area contributed by atoms with Gasteiger partial charge in [0.15, 0.2) is 24.8 Å². The average Bonchev–Trinajstić information content (AvgIpc) is 1.60. The third kappa shape index (κ3) is 13.4. The van der Waals surface area contributed by atoms with Gasteiger partial charge in [-0.2, -0.15) is 0 Å². The molecule has 8 nitrogen and oxygen atoms in total. The number of rotatable bonds is 7. The molecular formula is C110H104N4O4+4. The minimum atomic E-state index is 0.121. The summed E-state index contributed by atoms with van der Waals surface area (Å²) in [5, 5.41) is 19.0. The third-order valence-corrected chi connectivity index (χ3v) is 26.0. The van der Waals surface area contributed by atoms with E-state index in [0.717, 1.165) is 56.0 Å². The molecule has 2 aliphatic rings. The van der Waals surface area contributed by atoms with Crippen LogP contribution in [0.1, 0.15) is 155 Å². The van der Waals surface area contributed by atoms with Crippen molar-refractivity contribution in [3.05, 3.63) is 312 Å². The molecule has 22 rings (SSSR count). The number of hydrogen-bond donors (Lipinski definition) is 0. The highest BCUT2D eigenvalue weighted by Crippen LogP contribution is 2.46. The quantitative estimate of drug-likeness (QED) is 0.149. The smallest absolute Gasteiger partial charge is 0.216 e. The van der Waals surface area contributed by atoms with Crippen molar-refractivity contribution in [2.45, 2.75) is 143 Å². The van der Waals surface area contributed by atoms with Crippen molar-refractivity contribution in [2.75, 3.05) is 0 Å². The lowest BCUT2D eigenvalue weighted by Gasteiger charge is -2.21. The van der Waals surface area contributed by atoms with Gasteiger partial charge in [0.05, 0.1) is 22.3 Å². The van der Waals surface area contributed by atoms with Crippen LogP contribution < -0.4 is 18.3 Å². The van der Waals surface area contributed by atoms with E-state index in [1.165, 1.54) is 228 Å². The summed E-state index contributed by atoms with van der Waals surface area (Å²) in [5.41, 5.74) is 28.0. The molecule has 0 unspecified atom stereocenters. The zero-order chi connectivity index (χ0) is 80.9. The lowest BCUT2D eigenvalue weighted by molar-refractivity contribution is -0.661. The van der Waals surface area contributed by atoms with E-state index in [0.29, 0.717) is 11.8 Å². The SMILES string of the molecule is Cc1ccc2c(oc3c4ccccc4ccc23)c1-c1ccc(C(C)(C)C)c[n+]1C.Cc1ccc2c(oc3c4ccccc4ccc23)c1-c1ccc(C(C)C)c[n+]1C.Cc1ccc2c(oc3c4ccccc4ccc23)c1-c1ccc(C2CCCC2)c[n+]1C.Cc1ccc2c(oc3c4ccccc4ccc23)c1-c1ccc(C2CCCCC2)c[n+]1C. The highest BCUT2D eigenvalue weighted by Gasteiger charge is 2.30. The summed E-state index contributed by atoms with van der Waals surface area (Å²) in [4.78, 5) is 0. The zero-order valence-electron chi connectivity index (χ0n) is 70.4. The molecule has 8 heteroatoms. The molecule has 0 radical (unpaired) electrons. The fourth-order valence-corrected chi connectivity index (χ4v) is 19.4. The monoisotopic (exact) mass is 1540 g/mol. The maximum atomic E-state index is 6.62. The summed E-state index contributed by atoms with van der Waals surface area (Å²) < 4.78 is 35.4. The Morgan fingerprint density at radius 1 is 0.271 bits per heavy atom. The second kappa shape index (κ2) is 30.5. The van der Waals surface area contributed by atoms with E-state index in [2.05, 4.69) is 376 Å². The predicted molar refractivity (Wildman–Crippen MR) is 490 cm³/mol. The zero-order valence-corrected chi connectivity index (χ0v) is 70.4. The van der Waals surface area contributed by atoms with E-state index in [1.54, 1.807) is 0 Å². The first-order valence-corrected chi connectivity index (χ1v) is 42.6. The van der Waals surface area contributed by atoms with E-state index in [9.17, 15) is 0 Å². The summed E-state index contributed by atoms with van der Waals surface area (Å²) in [6.07, 6.45) is 21.3. The summed E-state index contributed by atoms with van der Waals surface area (Å²) in [5.74, 6) is 1.94. The molecule has 0 atom stereocenters. The molecule has 0 bridgehead atoms. The molecule has 8 aromatic heterocycles. The van der Waals surface area contributed by atoms with Gasteiger partial charge in [0, 0.05) is 111 Å². The van der Waals surface area contributed by atoms with Gasteiger partial charge < -0.3 is 17.7 Å². The number of nitrogens with zero attached hydrogens (tertiary/aromatic N) is 4. The Kier molecular flexibility index (Phi) is 19.5. The van der Waals surface area contributed by atoms with Gasteiger partial charge in [-0.25, -0.2) is 18.3 Å². The van der Waals surface area contributed by atoms with Crippen molar-refractivity contribution < 1.29 is 35.9 Å². The van der Waals surface area contributed by atoms with Crippen molar-refractivity contribution in [3.8, 4) is 45.0 Å². The molecule has 2 fully saturated rings. The summed E-state index contributed by atoms with van der Waals surface area (Å²) >= 11 is 0. The van der Waals surface area contributed by atoms with Crippen LogP contribution in [0.25, 0.3) is 176 Å². The average molecular weight is 1550 g/mol. The lowest BCUT2D eigenvalue weighted by Crippen LogP contribution is -2.33. The molecule has 118 heavy (non-hydrogen) atoms. The second-order valence-corrected chi connectivity index (χ2v) is 35.1. The summed E-state index contributed by atoms with van der Waals surface area (Å²) in [6.45, 7) is 19.9. The van der Waals surface area contributed by atoms with Crippen molar-refractivity contribution in [1.82, 2.24) is 0 Å². The summed E-state index contributed by atoms with van der Waals surface area (Å²) in [6, 6.07) is 87.2. The molecule has 0 spiro atoms. The first-order valence-electron chi connectivity index (χ1n) is 42.6. The highest BCUT2D eigenvalue weighted by molar-refractivity contribution is 6.21. The molecule has 2 aliphatic carbocycles. The fraction of sp³-hybridized carbons (Fsp3) is 0.236. The van der Waals surface area contributed by atoms with Crippen molar-refractivity contribution in [2.24, 2.45) is 28.2 Å². The van der Waals surface area contributed by atoms with Gasteiger partial charge in [0.1, 0.15) is 72.9 Å². The third-order valence-electron chi connectivity index (χ3n) is 26.0.